The van der Waals surface area contributed by atoms with Gasteiger partial charge in [0.1, 0.15) is 5.69 Å². The predicted octanol–water partition coefficient (Wildman–Crippen LogP) is 4.39. The molecule has 2 atom stereocenters. The Bertz CT molecular complexity index is 1090. The number of halogens is 4. The summed E-state index contributed by atoms with van der Waals surface area (Å²) in [5.74, 6) is -3.07. The SMILES string of the molecule is CCCC(F)(F)c1cc2c(cn1)C(C)(C)CN2C(=O)CN1C[C@@H](C)NC[C@@H]1Cc1cc(C)nn1C.Cl.Cl. The first-order valence-electron chi connectivity index (χ1n) is 12.6. The highest BCUT2D eigenvalue weighted by atomic mass is 35.5. The minimum Gasteiger partial charge on any atom is -0.311 e. The number of amides is 1. The van der Waals surface area contributed by atoms with Crippen molar-refractivity contribution in [3.63, 3.8) is 0 Å². The van der Waals surface area contributed by atoms with Gasteiger partial charge in [-0.05, 0) is 26.0 Å². The number of nitrogens with one attached hydrogen (secondary N) is 1. The van der Waals surface area contributed by atoms with Gasteiger partial charge < -0.3 is 10.2 Å². The summed E-state index contributed by atoms with van der Waals surface area (Å²) in [4.78, 5) is 21.7. The van der Waals surface area contributed by atoms with Gasteiger partial charge in [-0.3, -0.25) is 19.4 Å². The number of fused-ring (bicyclic) bond motifs is 1. The lowest BCUT2D eigenvalue weighted by Gasteiger charge is -2.39. The van der Waals surface area contributed by atoms with E-state index in [9.17, 15) is 13.6 Å². The first-order chi connectivity index (χ1) is 16.4. The van der Waals surface area contributed by atoms with Crippen LogP contribution >= 0.6 is 24.8 Å². The van der Waals surface area contributed by atoms with E-state index < -0.39 is 5.92 Å². The van der Waals surface area contributed by atoms with Crippen molar-refractivity contribution < 1.29 is 13.6 Å². The first kappa shape index (κ1) is 31.4. The minimum atomic E-state index is -3.01. The molecule has 11 heteroatoms. The molecule has 2 aliphatic heterocycles. The summed E-state index contributed by atoms with van der Waals surface area (Å²) in [6.07, 6.45) is 2.42. The molecule has 7 nitrogen and oxygen atoms in total. The van der Waals surface area contributed by atoms with Crippen LogP contribution in [0.15, 0.2) is 18.3 Å². The molecule has 1 saturated heterocycles. The molecular weight excluding hydrogens is 521 g/mol. The van der Waals surface area contributed by atoms with Crippen LogP contribution in [0.2, 0.25) is 0 Å². The van der Waals surface area contributed by atoms with Crippen LogP contribution in [0.4, 0.5) is 14.5 Å². The number of carbonyl (C=O) groups is 1. The van der Waals surface area contributed by atoms with E-state index in [1.807, 2.05) is 32.5 Å². The quantitative estimate of drug-likeness (QED) is 0.544. The summed E-state index contributed by atoms with van der Waals surface area (Å²) in [7, 11) is 1.94. The van der Waals surface area contributed by atoms with E-state index >= 15 is 0 Å². The van der Waals surface area contributed by atoms with Crippen molar-refractivity contribution in [1.29, 1.82) is 0 Å². The summed E-state index contributed by atoms with van der Waals surface area (Å²) >= 11 is 0. The Morgan fingerprint density at radius 3 is 2.59 bits per heavy atom. The second-order valence-electron chi connectivity index (χ2n) is 10.9. The van der Waals surface area contributed by atoms with Gasteiger partial charge in [-0.15, -0.1) is 24.8 Å². The molecule has 0 bridgehead atoms. The smallest absolute Gasteiger partial charge is 0.289 e. The molecule has 4 rings (SSSR count). The van der Waals surface area contributed by atoms with E-state index in [1.165, 1.54) is 6.07 Å². The van der Waals surface area contributed by atoms with E-state index in [2.05, 4.69) is 33.3 Å². The van der Waals surface area contributed by atoms with Crippen LogP contribution in [0.3, 0.4) is 0 Å². The van der Waals surface area contributed by atoms with Crippen molar-refractivity contribution in [3.05, 3.63) is 41.0 Å². The van der Waals surface area contributed by atoms with Crippen molar-refractivity contribution in [2.24, 2.45) is 7.05 Å². The van der Waals surface area contributed by atoms with E-state index in [4.69, 9.17) is 0 Å². The third-order valence-corrected chi connectivity index (χ3v) is 7.30. The maximum atomic E-state index is 14.7. The van der Waals surface area contributed by atoms with Crippen LogP contribution in [0.1, 0.15) is 63.2 Å². The lowest BCUT2D eigenvalue weighted by Crippen LogP contribution is -2.58. The Kier molecular flexibility index (Phi) is 10.1. The zero-order valence-electron chi connectivity index (χ0n) is 22.6. The van der Waals surface area contributed by atoms with Gasteiger partial charge in [-0.25, -0.2) is 0 Å². The normalized spacial score (nSPS) is 21.2. The lowest BCUT2D eigenvalue weighted by molar-refractivity contribution is -0.120. The third kappa shape index (κ3) is 6.61. The highest BCUT2D eigenvalue weighted by Gasteiger charge is 2.42. The van der Waals surface area contributed by atoms with Crippen LogP contribution in [0.25, 0.3) is 0 Å². The topological polar surface area (TPSA) is 66.3 Å². The van der Waals surface area contributed by atoms with Crippen molar-refractivity contribution in [2.45, 2.75) is 77.3 Å². The Hall–Kier alpha value is -1.81. The van der Waals surface area contributed by atoms with Crippen LogP contribution in [0.5, 0.6) is 0 Å². The summed E-state index contributed by atoms with van der Waals surface area (Å²) in [6, 6.07) is 3.93. The number of hydrogen-bond donors (Lipinski definition) is 1. The fourth-order valence-corrected chi connectivity index (χ4v) is 5.40. The molecule has 0 saturated carbocycles. The Morgan fingerprint density at radius 2 is 1.97 bits per heavy atom. The van der Waals surface area contributed by atoms with Gasteiger partial charge in [-0.2, -0.15) is 13.9 Å². The number of pyridine rings is 1. The molecule has 0 spiro atoms. The molecule has 4 heterocycles. The van der Waals surface area contributed by atoms with E-state index in [0.29, 0.717) is 18.7 Å². The van der Waals surface area contributed by atoms with E-state index in [-0.39, 0.29) is 66.9 Å². The van der Waals surface area contributed by atoms with Gasteiger partial charge in [0.2, 0.25) is 5.91 Å². The highest BCUT2D eigenvalue weighted by molar-refractivity contribution is 5.97. The molecule has 0 unspecified atom stereocenters. The van der Waals surface area contributed by atoms with Gasteiger partial charge in [0.15, 0.2) is 0 Å². The minimum absolute atomic E-state index is 0. The van der Waals surface area contributed by atoms with Gasteiger partial charge in [0, 0.05) is 74.5 Å². The van der Waals surface area contributed by atoms with Gasteiger partial charge in [0.05, 0.1) is 17.9 Å². The Labute approximate surface area is 231 Å². The fraction of sp³-hybridized carbons (Fsp3) is 0.654. The van der Waals surface area contributed by atoms with Crippen molar-refractivity contribution in [2.75, 3.05) is 31.1 Å². The lowest BCUT2D eigenvalue weighted by atomic mass is 9.88. The molecule has 1 N–H and O–H groups in total. The van der Waals surface area contributed by atoms with Gasteiger partial charge in [-0.1, -0.05) is 27.2 Å². The number of rotatable bonds is 7. The zero-order chi connectivity index (χ0) is 25.5. The predicted molar refractivity (Wildman–Crippen MR) is 147 cm³/mol. The average Bonchev–Trinajstić information content (AvgIpc) is 3.24. The van der Waals surface area contributed by atoms with Crippen molar-refractivity contribution in [1.82, 2.24) is 25.0 Å². The number of aromatic nitrogens is 3. The number of hydrogen-bond acceptors (Lipinski definition) is 5. The van der Waals surface area contributed by atoms with Crippen LogP contribution in [0, 0.1) is 6.92 Å². The van der Waals surface area contributed by atoms with Crippen LogP contribution in [-0.2, 0) is 29.6 Å². The number of nitrogens with zero attached hydrogens (tertiary/aromatic N) is 5. The number of piperazine rings is 1. The maximum absolute atomic E-state index is 14.7. The molecular formula is C26H40Cl2F2N6O. The third-order valence-electron chi connectivity index (χ3n) is 7.30. The van der Waals surface area contributed by atoms with Crippen molar-refractivity contribution >= 4 is 36.4 Å². The molecule has 0 radical (unpaired) electrons. The monoisotopic (exact) mass is 560 g/mol. The highest BCUT2D eigenvalue weighted by Crippen LogP contribution is 2.43. The van der Waals surface area contributed by atoms with Crippen LogP contribution in [-0.4, -0.2) is 63.8 Å². The molecule has 208 valence electrons. The summed E-state index contributed by atoms with van der Waals surface area (Å²) in [5.41, 5.74) is 2.92. The number of carbonyl (C=O) groups excluding carboxylic acids is 1. The van der Waals surface area contributed by atoms with Crippen molar-refractivity contribution in [3.8, 4) is 0 Å². The van der Waals surface area contributed by atoms with Gasteiger partial charge in [0.25, 0.3) is 5.92 Å². The molecule has 1 amide bonds. The standard InChI is InChI=1S/C26H38F2N6O.2ClH/c1-7-8-26(27,28)23-11-22-21(13-30-23)25(4,5)16-34(22)24(35)15-33-14-18(3)29-12-20(33)10-19-9-17(2)31-32(19)6;;/h9,11,13,18,20,29H,7-8,10,12,14-16H2,1-6H3;2*1H/t18-,20+;;/m1../s1. The molecule has 0 aromatic carbocycles. The Balaban J connectivity index is 0.00000241. The van der Waals surface area contributed by atoms with Gasteiger partial charge >= 0.3 is 0 Å². The molecule has 0 aliphatic carbocycles. The summed E-state index contributed by atoms with van der Waals surface area (Å²) in [6.45, 7) is 12.1. The first-order valence-corrected chi connectivity index (χ1v) is 12.6. The summed E-state index contributed by atoms with van der Waals surface area (Å²) < 4.78 is 31.2. The molecule has 37 heavy (non-hydrogen) atoms. The number of aryl methyl sites for hydroxylation is 2. The number of alkyl halides is 2. The van der Waals surface area contributed by atoms with E-state index in [0.717, 1.165) is 36.5 Å². The molecule has 2 aromatic heterocycles. The number of anilines is 1. The maximum Gasteiger partial charge on any atom is 0.289 e. The molecule has 2 aliphatic rings. The summed E-state index contributed by atoms with van der Waals surface area (Å²) in [5, 5.41) is 7.99. The largest absolute Gasteiger partial charge is 0.311 e. The zero-order valence-corrected chi connectivity index (χ0v) is 24.2. The average molecular weight is 562 g/mol. The second kappa shape index (κ2) is 11.9. The second-order valence-corrected chi connectivity index (χ2v) is 10.9. The molecule has 1 fully saturated rings. The Morgan fingerprint density at radius 1 is 1.27 bits per heavy atom. The molecule has 2 aromatic rings. The van der Waals surface area contributed by atoms with E-state index in [1.54, 1.807) is 18.0 Å². The van der Waals surface area contributed by atoms with Crippen LogP contribution < -0.4 is 10.2 Å². The fourth-order valence-electron chi connectivity index (χ4n) is 5.40.